The van der Waals surface area contributed by atoms with Crippen molar-refractivity contribution in [3.63, 3.8) is 0 Å². The van der Waals surface area contributed by atoms with E-state index in [4.69, 9.17) is 16.3 Å². The monoisotopic (exact) mass is 280 g/mol. The minimum atomic E-state index is -0.0671. The average Bonchev–Trinajstić information content (AvgIpc) is 2.34. The second-order valence-corrected chi connectivity index (χ2v) is 4.88. The average molecular weight is 281 g/mol. The third-order valence-electron chi connectivity index (χ3n) is 2.91. The standard InChI is InChI=1S/C14H17ClN2O2/c1-2-6-16-14(18)17-8-13(9-17)19-10-11-4-3-5-12(15)7-11/h2-5,7,13H,1,6,8-10H2,(H,16,18). The molecule has 0 aromatic heterocycles. The molecule has 0 unspecified atom stereocenters. The summed E-state index contributed by atoms with van der Waals surface area (Å²) in [6, 6.07) is 7.52. The van der Waals surface area contributed by atoms with Crippen LogP contribution in [0.3, 0.4) is 0 Å². The minimum Gasteiger partial charge on any atom is -0.370 e. The quantitative estimate of drug-likeness (QED) is 0.842. The largest absolute Gasteiger partial charge is 0.370 e. The number of nitrogens with zero attached hydrogens (tertiary/aromatic N) is 1. The van der Waals surface area contributed by atoms with Crippen LogP contribution >= 0.6 is 11.6 Å². The molecule has 0 aliphatic carbocycles. The van der Waals surface area contributed by atoms with E-state index in [1.54, 1.807) is 11.0 Å². The molecular weight excluding hydrogens is 264 g/mol. The van der Waals surface area contributed by atoms with Gasteiger partial charge in [0.25, 0.3) is 0 Å². The number of likely N-dealkylation sites (tertiary alicyclic amines) is 1. The highest BCUT2D eigenvalue weighted by atomic mass is 35.5. The number of hydrogen-bond acceptors (Lipinski definition) is 2. The number of carbonyl (C=O) groups is 1. The summed E-state index contributed by atoms with van der Waals surface area (Å²) in [5.41, 5.74) is 1.04. The molecule has 1 heterocycles. The molecular formula is C14H17ClN2O2. The molecule has 1 aromatic carbocycles. The maximum absolute atomic E-state index is 11.5. The van der Waals surface area contributed by atoms with Crippen LogP contribution in [0.15, 0.2) is 36.9 Å². The summed E-state index contributed by atoms with van der Waals surface area (Å²) < 4.78 is 5.70. The van der Waals surface area contributed by atoms with Gasteiger partial charge in [-0.2, -0.15) is 0 Å². The molecule has 0 bridgehead atoms. The number of rotatable bonds is 5. The molecule has 1 aliphatic rings. The first kappa shape index (κ1) is 13.9. The lowest BCUT2D eigenvalue weighted by Gasteiger charge is -2.38. The number of urea groups is 1. The maximum Gasteiger partial charge on any atom is 0.317 e. The van der Waals surface area contributed by atoms with Crippen molar-refractivity contribution >= 4 is 17.6 Å². The number of hydrogen-bond donors (Lipinski definition) is 1. The Morgan fingerprint density at radius 2 is 2.37 bits per heavy atom. The van der Waals surface area contributed by atoms with Gasteiger partial charge in [-0.25, -0.2) is 4.79 Å². The molecule has 0 radical (unpaired) electrons. The second-order valence-electron chi connectivity index (χ2n) is 4.44. The third kappa shape index (κ3) is 3.98. The van der Waals surface area contributed by atoms with Gasteiger partial charge in [0.05, 0.1) is 25.8 Å². The molecule has 1 saturated heterocycles. The van der Waals surface area contributed by atoms with E-state index in [1.807, 2.05) is 24.3 Å². The van der Waals surface area contributed by atoms with Crippen molar-refractivity contribution in [3.05, 3.63) is 47.5 Å². The number of carbonyl (C=O) groups excluding carboxylic acids is 1. The molecule has 2 amide bonds. The Morgan fingerprint density at radius 1 is 1.58 bits per heavy atom. The Bertz CT molecular complexity index is 459. The van der Waals surface area contributed by atoms with Crippen LogP contribution < -0.4 is 5.32 Å². The number of ether oxygens (including phenoxy) is 1. The van der Waals surface area contributed by atoms with Crippen LogP contribution in [0.5, 0.6) is 0 Å². The van der Waals surface area contributed by atoms with Gasteiger partial charge < -0.3 is 15.0 Å². The van der Waals surface area contributed by atoms with Crippen LogP contribution in [0, 0.1) is 0 Å². The van der Waals surface area contributed by atoms with E-state index < -0.39 is 0 Å². The normalized spacial score (nSPS) is 14.9. The van der Waals surface area contributed by atoms with E-state index in [9.17, 15) is 4.79 Å². The molecule has 0 atom stereocenters. The molecule has 2 rings (SSSR count). The van der Waals surface area contributed by atoms with Crippen molar-refractivity contribution in [2.75, 3.05) is 19.6 Å². The molecule has 5 heteroatoms. The van der Waals surface area contributed by atoms with Gasteiger partial charge in [0, 0.05) is 11.6 Å². The van der Waals surface area contributed by atoms with E-state index in [0.29, 0.717) is 31.3 Å². The van der Waals surface area contributed by atoms with E-state index in [2.05, 4.69) is 11.9 Å². The Kier molecular flexibility index (Phi) is 4.82. The third-order valence-corrected chi connectivity index (χ3v) is 3.14. The van der Waals surface area contributed by atoms with Crippen molar-refractivity contribution in [2.24, 2.45) is 0 Å². The van der Waals surface area contributed by atoms with Gasteiger partial charge in [-0.15, -0.1) is 6.58 Å². The van der Waals surface area contributed by atoms with Crippen LogP contribution in [0.2, 0.25) is 5.02 Å². The van der Waals surface area contributed by atoms with Crippen LogP contribution in [0.4, 0.5) is 4.79 Å². The zero-order valence-electron chi connectivity index (χ0n) is 10.6. The highest BCUT2D eigenvalue weighted by Crippen LogP contribution is 2.16. The smallest absolute Gasteiger partial charge is 0.317 e. The van der Waals surface area contributed by atoms with Gasteiger partial charge in [-0.1, -0.05) is 29.8 Å². The van der Waals surface area contributed by atoms with Gasteiger partial charge in [0.2, 0.25) is 0 Å². The van der Waals surface area contributed by atoms with Crippen LogP contribution in [-0.2, 0) is 11.3 Å². The van der Waals surface area contributed by atoms with Gasteiger partial charge in [0.1, 0.15) is 0 Å². The molecule has 19 heavy (non-hydrogen) atoms. The molecule has 102 valence electrons. The molecule has 0 saturated carbocycles. The zero-order chi connectivity index (χ0) is 13.7. The Balaban J connectivity index is 1.68. The van der Waals surface area contributed by atoms with E-state index in [1.165, 1.54) is 0 Å². The number of nitrogens with one attached hydrogen (secondary N) is 1. The molecule has 4 nitrogen and oxygen atoms in total. The van der Waals surface area contributed by atoms with Crippen molar-refractivity contribution in [1.82, 2.24) is 10.2 Å². The predicted octanol–water partition coefficient (Wildman–Crippen LogP) is 2.44. The van der Waals surface area contributed by atoms with Gasteiger partial charge in [0.15, 0.2) is 0 Å². The molecule has 0 spiro atoms. The lowest BCUT2D eigenvalue weighted by atomic mass is 10.2. The summed E-state index contributed by atoms with van der Waals surface area (Å²) in [7, 11) is 0. The summed E-state index contributed by atoms with van der Waals surface area (Å²) >= 11 is 5.90. The van der Waals surface area contributed by atoms with E-state index in [0.717, 1.165) is 5.56 Å². The Morgan fingerprint density at radius 3 is 3.05 bits per heavy atom. The molecule has 1 aliphatic heterocycles. The summed E-state index contributed by atoms with van der Waals surface area (Å²) in [6.45, 7) is 5.82. The summed E-state index contributed by atoms with van der Waals surface area (Å²) in [5, 5.41) is 3.44. The summed E-state index contributed by atoms with van der Waals surface area (Å²) in [5.74, 6) is 0. The molecule has 1 fully saturated rings. The van der Waals surface area contributed by atoms with Crippen molar-refractivity contribution in [1.29, 1.82) is 0 Å². The first-order valence-electron chi connectivity index (χ1n) is 6.19. The topological polar surface area (TPSA) is 41.6 Å². The fraction of sp³-hybridized carbons (Fsp3) is 0.357. The van der Waals surface area contributed by atoms with Crippen LogP contribution in [0.25, 0.3) is 0 Å². The SMILES string of the molecule is C=CCNC(=O)N1CC(OCc2cccc(Cl)c2)C1. The Hall–Kier alpha value is -1.52. The molecule has 1 N–H and O–H groups in total. The lowest BCUT2D eigenvalue weighted by molar-refractivity contribution is -0.0440. The Labute approximate surface area is 118 Å². The van der Waals surface area contributed by atoms with Crippen molar-refractivity contribution in [2.45, 2.75) is 12.7 Å². The summed E-state index contributed by atoms with van der Waals surface area (Å²) in [6.07, 6.45) is 1.76. The van der Waals surface area contributed by atoms with Gasteiger partial charge >= 0.3 is 6.03 Å². The minimum absolute atomic E-state index is 0.0671. The van der Waals surface area contributed by atoms with Gasteiger partial charge in [-0.05, 0) is 17.7 Å². The number of benzene rings is 1. The summed E-state index contributed by atoms with van der Waals surface area (Å²) in [4.78, 5) is 13.3. The van der Waals surface area contributed by atoms with Crippen molar-refractivity contribution in [3.8, 4) is 0 Å². The van der Waals surface area contributed by atoms with Crippen LogP contribution in [-0.4, -0.2) is 36.7 Å². The molecule has 1 aromatic rings. The highest BCUT2D eigenvalue weighted by molar-refractivity contribution is 6.30. The first-order valence-corrected chi connectivity index (χ1v) is 6.56. The van der Waals surface area contributed by atoms with E-state index in [-0.39, 0.29) is 12.1 Å². The van der Waals surface area contributed by atoms with Crippen LogP contribution in [0.1, 0.15) is 5.56 Å². The van der Waals surface area contributed by atoms with E-state index >= 15 is 0 Å². The van der Waals surface area contributed by atoms with Crippen molar-refractivity contribution < 1.29 is 9.53 Å². The zero-order valence-corrected chi connectivity index (χ0v) is 11.4. The number of halogens is 1. The second kappa shape index (κ2) is 6.59. The predicted molar refractivity (Wildman–Crippen MR) is 75.2 cm³/mol. The number of amides is 2. The maximum atomic E-state index is 11.5. The lowest BCUT2D eigenvalue weighted by Crippen LogP contribution is -2.57. The fourth-order valence-electron chi connectivity index (χ4n) is 1.82. The first-order chi connectivity index (χ1) is 9.19. The fourth-order valence-corrected chi connectivity index (χ4v) is 2.03. The highest BCUT2D eigenvalue weighted by Gasteiger charge is 2.30. The van der Waals surface area contributed by atoms with Gasteiger partial charge in [-0.3, -0.25) is 0 Å².